The van der Waals surface area contributed by atoms with Crippen molar-refractivity contribution in [2.45, 2.75) is 24.6 Å². The maximum Gasteiger partial charge on any atom is 0.244 e. The predicted molar refractivity (Wildman–Crippen MR) is 73.1 cm³/mol. The van der Waals surface area contributed by atoms with Crippen LogP contribution in [-0.2, 0) is 25.4 Å². The average Bonchev–Trinajstić information content (AvgIpc) is 2.42. The molecule has 1 aliphatic heterocycles. The Morgan fingerprint density at radius 2 is 2.05 bits per heavy atom. The molecule has 2 N–H and O–H groups in total. The van der Waals surface area contributed by atoms with Gasteiger partial charge in [0, 0.05) is 6.42 Å². The van der Waals surface area contributed by atoms with Crippen molar-refractivity contribution in [1.82, 2.24) is 10.0 Å². The summed E-state index contributed by atoms with van der Waals surface area (Å²) in [4.78, 5) is 22.6. The van der Waals surface area contributed by atoms with Gasteiger partial charge in [-0.15, -0.1) is 0 Å². The fourth-order valence-corrected chi connectivity index (χ4v) is 3.43. The molecule has 1 aromatic rings. The number of piperidine rings is 1. The van der Waals surface area contributed by atoms with Crippen LogP contribution in [-0.4, -0.2) is 26.3 Å². The van der Waals surface area contributed by atoms with Gasteiger partial charge in [-0.25, -0.2) is 13.1 Å². The van der Waals surface area contributed by atoms with Crippen molar-refractivity contribution >= 4 is 21.8 Å². The Kier molecular flexibility index (Phi) is 4.35. The van der Waals surface area contributed by atoms with Crippen LogP contribution in [0.2, 0.25) is 0 Å². The van der Waals surface area contributed by atoms with E-state index in [1.165, 1.54) is 6.07 Å². The van der Waals surface area contributed by atoms with E-state index in [1.807, 2.05) is 6.07 Å². The first-order valence-corrected chi connectivity index (χ1v) is 7.88. The molecule has 0 bridgehead atoms. The Bertz CT molecular complexity index is 721. The summed E-state index contributed by atoms with van der Waals surface area (Å²) in [7, 11) is -3.79. The lowest BCUT2D eigenvalue weighted by Gasteiger charge is -2.21. The highest BCUT2D eigenvalue weighted by atomic mass is 32.2. The van der Waals surface area contributed by atoms with Crippen LogP contribution >= 0.6 is 0 Å². The maximum atomic E-state index is 12.1. The van der Waals surface area contributed by atoms with Gasteiger partial charge < -0.3 is 0 Å². The Hall–Kier alpha value is -2.24. The van der Waals surface area contributed by atoms with Crippen LogP contribution in [0.15, 0.2) is 24.3 Å². The standard InChI is InChI=1S/C13H13N3O4S/c14-7-9-3-1-2-4-10(9)8-21(19,20)16-11-5-6-12(17)15-13(11)18/h1-4,11,16H,5-6,8H2,(H,15,17,18). The molecule has 1 aliphatic rings. The maximum absolute atomic E-state index is 12.1. The summed E-state index contributed by atoms with van der Waals surface area (Å²) < 4.78 is 26.4. The number of rotatable bonds is 4. The van der Waals surface area contributed by atoms with Gasteiger partial charge in [0.1, 0.15) is 6.04 Å². The molecule has 1 aromatic carbocycles. The summed E-state index contributed by atoms with van der Waals surface area (Å²) in [5, 5.41) is 11.0. The molecular weight excluding hydrogens is 294 g/mol. The highest BCUT2D eigenvalue weighted by Gasteiger charge is 2.30. The second-order valence-electron chi connectivity index (χ2n) is 4.65. The molecule has 1 saturated heterocycles. The summed E-state index contributed by atoms with van der Waals surface area (Å²) in [6.45, 7) is 0. The van der Waals surface area contributed by atoms with Crippen molar-refractivity contribution in [3.63, 3.8) is 0 Å². The molecule has 8 heteroatoms. The second kappa shape index (κ2) is 6.03. The molecule has 21 heavy (non-hydrogen) atoms. The summed E-state index contributed by atoms with van der Waals surface area (Å²) in [5.41, 5.74) is 0.631. The summed E-state index contributed by atoms with van der Waals surface area (Å²) >= 11 is 0. The summed E-state index contributed by atoms with van der Waals surface area (Å²) in [6, 6.07) is 7.31. The number of nitriles is 1. The van der Waals surface area contributed by atoms with Crippen LogP contribution in [0.1, 0.15) is 24.0 Å². The number of nitrogens with zero attached hydrogens (tertiary/aromatic N) is 1. The number of sulfonamides is 1. The largest absolute Gasteiger partial charge is 0.295 e. The van der Waals surface area contributed by atoms with Crippen molar-refractivity contribution in [2.75, 3.05) is 0 Å². The van der Waals surface area contributed by atoms with E-state index in [9.17, 15) is 18.0 Å². The van der Waals surface area contributed by atoms with Crippen LogP contribution in [0.5, 0.6) is 0 Å². The van der Waals surface area contributed by atoms with Gasteiger partial charge in [0.05, 0.1) is 17.4 Å². The molecule has 1 heterocycles. The molecule has 110 valence electrons. The van der Waals surface area contributed by atoms with Gasteiger partial charge in [0.25, 0.3) is 0 Å². The number of amides is 2. The lowest BCUT2D eigenvalue weighted by molar-refractivity contribution is -0.134. The van der Waals surface area contributed by atoms with Crippen molar-refractivity contribution < 1.29 is 18.0 Å². The van der Waals surface area contributed by atoms with Gasteiger partial charge in [-0.3, -0.25) is 14.9 Å². The minimum absolute atomic E-state index is 0.0910. The first kappa shape index (κ1) is 15.2. The fraction of sp³-hybridized carbons (Fsp3) is 0.308. The highest BCUT2D eigenvalue weighted by molar-refractivity contribution is 7.88. The van der Waals surface area contributed by atoms with E-state index < -0.39 is 33.6 Å². The molecular formula is C13H13N3O4S. The smallest absolute Gasteiger partial charge is 0.244 e. The third kappa shape index (κ3) is 3.87. The summed E-state index contributed by atoms with van der Waals surface area (Å²) in [5.74, 6) is -1.46. The number of hydrogen-bond donors (Lipinski definition) is 2. The monoisotopic (exact) mass is 307 g/mol. The normalized spacial score (nSPS) is 18.9. The van der Waals surface area contributed by atoms with Crippen molar-refractivity contribution in [3.8, 4) is 6.07 Å². The van der Waals surface area contributed by atoms with E-state index in [4.69, 9.17) is 5.26 Å². The first-order chi connectivity index (χ1) is 9.91. The van der Waals surface area contributed by atoms with Crippen LogP contribution in [0.25, 0.3) is 0 Å². The SMILES string of the molecule is N#Cc1ccccc1CS(=O)(=O)NC1CCC(=O)NC1=O. The zero-order valence-corrected chi connectivity index (χ0v) is 11.8. The zero-order valence-electron chi connectivity index (χ0n) is 11.0. The second-order valence-corrected chi connectivity index (χ2v) is 6.40. The first-order valence-electron chi connectivity index (χ1n) is 6.23. The molecule has 0 saturated carbocycles. The predicted octanol–water partition coefficient (Wildman–Crippen LogP) is -0.217. The molecule has 7 nitrogen and oxygen atoms in total. The minimum Gasteiger partial charge on any atom is -0.295 e. The topological polar surface area (TPSA) is 116 Å². The van der Waals surface area contributed by atoms with E-state index in [0.29, 0.717) is 5.56 Å². The van der Waals surface area contributed by atoms with Crippen LogP contribution in [0, 0.1) is 11.3 Å². The zero-order chi connectivity index (χ0) is 15.5. The molecule has 1 unspecified atom stereocenters. The number of hydrogen-bond acceptors (Lipinski definition) is 5. The van der Waals surface area contributed by atoms with Gasteiger partial charge in [-0.2, -0.15) is 5.26 Å². The van der Waals surface area contributed by atoms with E-state index in [1.54, 1.807) is 18.2 Å². The van der Waals surface area contributed by atoms with Gasteiger partial charge in [0.15, 0.2) is 0 Å². The van der Waals surface area contributed by atoms with E-state index >= 15 is 0 Å². The van der Waals surface area contributed by atoms with Crippen molar-refractivity contribution in [2.24, 2.45) is 0 Å². The lowest BCUT2D eigenvalue weighted by Crippen LogP contribution is -2.52. The minimum atomic E-state index is -3.79. The van der Waals surface area contributed by atoms with Crippen molar-refractivity contribution in [1.29, 1.82) is 5.26 Å². The van der Waals surface area contributed by atoms with Gasteiger partial charge in [-0.05, 0) is 18.1 Å². The summed E-state index contributed by atoms with van der Waals surface area (Å²) in [6.07, 6.45) is 0.220. The molecule has 0 spiro atoms. The fourth-order valence-electron chi connectivity index (χ4n) is 2.02. The van der Waals surface area contributed by atoms with Gasteiger partial charge >= 0.3 is 0 Å². The third-order valence-corrected chi connectivity index (χ3v) is 4.38. The van der Waals surface area contributed by atoms with Crippen molar-refractivity contribution in [3.05, 3.63) is 35.4 Å². The molecule has 0 radical (unpaired) electrons. The van der Waals surface area contributed by atoms with E-state index in [-0.39, 0.29) is 18.4 Å². The lowest BCUT2D eigenvalue weighted by atomic mass is 10.1. The third-order valence-electron chi connectivity index (χ3n) is 3.04. The number of imide groups is 1. The van der Waals surface area contributed by atoms with Crippen LogP contribution < -0.4 is 10.0 Å². The Morgan fingerprint density at radius 3 is 2.71 bits per heavy atom. The molecule has 2 amide bonds. The van der Waals surface area contributed by atoms with Gasteiger partial charge in [0.2, 0.25) is 21.8 Å². The molecule has 1 fully saturated rings. The molecule has 1 atom stereocenters. The average molecular weight is 307 g/mol. The van der Waals surface area contributed by atoms with E-state index in [0.717, 1.165) is 0 Å². The Balaban J connectivity index is 2.11. The van der Waals surface area contributed by atoms with Crippen LogP contribution in [0.3, 0.4) is 0 Å². The number of carbonyl (C=O) groups is 2. The highest BCUT2D eigenvalue weighted by Crippen LogP contribution is 2.13. The molecule has 0 aliphatic carbocycles. The number of nitrogens with one attached hydrogen (secondary N) is 2. The molecule has 2 rings (SSSR count). The number of carbonyl (C=O) groups excluding carboxylic acids is 2. The van der Waals surface area contributed by atoms with Gasteiger partial charge in [-0.1, -0.05) is 18.2 Å². The Morgan fingerprint density at radius 1 is 1.33 bits per heavy atom. The van der Waals surface area contributed by atoms with E-state index in [2.05, 4.69) is 10.0 Å². The van der Waals surface area contributed by atoms with Crippen LogP contribution in [0.4, 0.5) is 0 Å². The Labute approximate surface area is 122 Å². The molecule has 0 aromatic heterocycles. The number of benzene rings is 1. The quantitative estimate of drug-likeness (QED) is 0.746.